The predicted octanol–water partition coefficient (Wildman–Crippen LogP) is 4.70. The maximum absolute atomic E-state index is 13.7. The van der Waals surface area contributed by atoms with E-state index in [1.807, 2.05) is 30.0 Å². The molecule has 0 aliphatic carbocycles. The van der Waals surface area contributed by atoms with Crippen LogP contribution in [0.4, 0.5) is 22.0 Å². The molecule has 0 unspecified atom stereocenters. The number of aromatic nitrogens is 3. The lowest BCUT2D eigenvalue weighted by atomic mass is 10.0. The van der Waals surface area contributed by atoms with Crippen LogP contribution in [-0.4, -0.2) is 59.7 Å². The zero-order valence-electron chi connectivity index (χ0n) is 21.6. The Hall–Kier alpha value is -3.44. The number of pyridine rings is 1. The van der Waals surface area contributed by atoms with Crippen LogP contribution in [0.15, 0.2) is 36.8 Å². The number of carbonyl (C=O) groups excluding carboxylic acids is 1. The van der Waals surface area contributed by atoms with Gasteiger partial charge in [-0.15, -0.1) is 0 Å². The quantitative estimate of drug-likeness (QED) is 0.413. The largest absolute Gasteiger partial charge is 0.486 e. The Morgan fingerprint density at radius 2 is 1.74 bits per heavy atom. The van der Waals surface area contributed by atoms with Crippen LogP contribution in [0.3, 0.4) is 0 Å². The minimum Gasteiger partial charge on any atom is -0.486 e. The van der Waals surface area contributed by atoms with E-state index in [-0.39, 0.29) is 23.4 Å². The Labute approximate surface area is 226 Å². The zero-order chi connectivity index (χ0) is 27.2. The highest BCUT2D eigenvalue weighted by Crippen LogP contribution is 2.45. The summed E-state index contributed by atoms with van der Waals surface area (Å²) < 4.78 is 36.2. The number of ether oxygens (including phenoxy) is 2. The van der Waals surface area contributed by atoms with Gasteiger partial charge in [0.1, 0.15) is 18.0 Å². The molecule has 10 nitrogen and oxygen atoms in total. The van der Waals surface area contributed by atoms with Gasteiger partial charge in [-0.3, -0.25) is 0 Å². The molecule has 3 aromatic rings. The lowest BCUT2D eigenvalue weighted by Crippen LogP contribution is -2.41. The molecule has 0 bridgehead atoms. The van der Waals surface area contributed by atoms with Gasteiger partial charge in [-0.25, -0.2) is 33.1 Å². The molecular weight excluding hydrogens is 530 g/mol. The normalized spacial score (nSPS) is 16.7. The molecule has 1 fully saturated rings. The second kappa shape index (κ2) is 9.70. The van der Waals surface area contributed by atoms with E-state index in [0.717, 1.165) is 16.8 Å². The van der Waals surface area contributed by atoms with Crippen molar-refractivity contribution in [1.29, 1.82) is 0 Å². The van der Waals surface area contributed by atoms with Crippen LogP contribution in [0.1, 0.15) is 31.9 Å². The van der Waals surface area contributed by atoms with Gasteiger partial charge in [-0.05, 0) is 68.6 Å². The predicted molar refractivity (Wildman–Crippen MR) is 145 cm³/mol. The monoisotopic (exact) mass is 557 g/mol. The first kappa shape index (κ1) is 26.2. The molecule has 1 amide bonds. The second-order valence-electron chi connectivity index (χ2n) is 10.3. The van der Waals surface area contributed by atoms with Crippen molar-refractivity contribution in [3.05, 3.63) is 53.2 Å². The number of hydrogen-bond acceptors (Lipinski definition) is 9. The number of halogens is 1. The summed E-state index contributed by atoms with van der Waals surface area (Å²) in [4.78, 5) is 29.9. The molecule has 200 valence electrons. The Balaban J connectivity index is 1.67. The van der Waals surface area contributed by atoms with E-state index < -0.39 is 21.5 Å². The topological polar surface area (TPSA) is 115 Å². The van der Waals surface area contributed by atoms with Crippen molar-refractivity contribution in [2.24, 2.45) is 0 Å². The summed E-state index contributed by atoms with van der Waals surface area (Å²) >= 11 is 5.89. The zero-order valence-corrected chi connectivity index (χ0v) is 23.1. The number of sulfone groups is 1. The number of nitrogens with zero attached hydrogens (tertiary/aromatic N) is 5. The van der Waals surface area contributed by atoms with Gasteiger partial charge in [0.15, 0.2) is 15.7 Å². The van der Waals surface area contributed by atoms with Gasteiger partial charge >= 0.3 is 6.09 Å². The van der Waals surface area contributed by atoms with Gasteiger partial charge in [-0.2, -0.15) is 0 Å². The van der Waals surface area contributed by atoms with Crippen molar-refractivity contribution in [2.45, 2.75) is 39.9 Å². The highest BCUT2D eigenvalue weighted by Gasteiger charge is 2.35. The average Bonchev–Trinajstić information content (AvgIpc) is 3.00. The Bertz CT molecular complexity index is 1490. The molecule has 1 aromatic carbocycles. The smallest absolute Gasteiger partial charge is 0.420 e. The first-order valence-corrected chi connectivity index (χ1v) is 14.3. The summed E-state index contributed by atoms with van der Waals surface area (Å²) in [5.74, 6) is 1.01. The summed E-state index contributed by atoms with van der Waals surface area (Å²) in [5.41, 5.74) is 3.41. The van der Waals surface area contributed by atoms with Crippen molar-refractivity contribution < 1.29 is 22.7 Å². The van der Waals surface area contributed by atoms with Gasteiger partial charge in [0, 0.05) is 42.9 Å². The molecule has 5 rings (SSSR count). The molecule has 0 saturated carbocycles. The van der Waals surface area contributed by atoms with E-state index in [4.69, 9.17) is 21.1 Å². The number of rotatable bonds is 2. The molecule has 0 atom stereocenters. The highest BCUT2D eigenvalue weighted by atomic mass is 35.5. The van der Waals surface area contributed by atoms with Crippen LogP contribution in [0.5, 0.6) is 5.75 Å². The molecule has 1 saturated heterocycles. The van der Waals surface area contributed by atoms with Crippen LogP contribution in [-0.2, 0) is 21.2 Å². The molecule has 0 radical (unpaired) electrons. The molecule has 0 N–H and O–H groups in total. The van der Waals surface area contributed by atoms with Crippen LogP contribution < -0.4 is 14.5 Å². The van der Waals surface area contributed by atoms with Crippen molar-refractivity contribution in [1.82, 2.24) is 15.0 Å². The minimum atomic E-state index is -3.07. The minimum absolute atomic E-state index is 0.0621. The number of amides is 1. The number of aryl methyl sites for hydroxylation is 1. The van der Waals surface area contributed by atoms with Gasteiger partial charge in [0.05, 0.1) is 22.8 Å². The number of anilines is 3. The van der Waals surface area contributed by atoms with Gasteiger partial charge in [0.2, 0.25) is 5.28 Å². The van der Waals surface area contributed by atoms with Crippen molar-refractivity contribution in [3.63, 3.8) is 0 Å². The number of fused-ring (bicyclic) bond motifs is 2. The third-order valence-corrected chi connectivity index (χ3v) is 8.10. The standard InChI is InChI=1S/C26H28ClN5O5S/c1-16-11-17(18-13-29-24(27)30-14-18)12-21-22(16)36-15-19-20(31-7-9-38(34,35)10-8-31)5-6-28-23(19)32(21)25(33)37-26(2,3)4/h5-6,11-14H,7-10,15H2,1-4H3. The summed E-state index contributed by atoms with van der Waals surface area (Å²) in [6, 6.07) is 5.57. The van der Waals surface area contributed by atoms with Gasteiger partial charge < -0.3 is 14.4 Å². The fraction of sp³-hybridized carbons (Fsp3) is 0.385. The van der Waals surface area contributed by atoms with E-state index in [2.05, 4.69) is 15.0 Å². The fourth-order valence-electron chi connectivity index (χ4n) is 4.54. The molecule has 38 heavy (non-hydrogen) atoms. The maximum atomic E-state index is 13.7. The van der Waals surface area contributed by atoms with E-state index in [9.17, 15) is 13.2 Å². The van der Waals surface area contributed by atoms with E-state index in [1.165, 1.54) is 4.90 Å². The molecule has 2 aliphatic heterocycles. The molecule has 0 spiro atoms. The van der Waals surface area contributed by atoms with E-state index >= 15 is 0 Å². The van der Waals surface area contributed by atoms with E-state index in [0.29, 0.717) is 41.5 Å². The van der Waals surface area contributed by atoms with Crippen LogP contribution >= 0.6 is 11.6 Å². The SMILES string of the molecule is Cc1cc(-c2cnc(Cl)nc2)cc2c1OCc1c(N3CCS(=O)(=O)CC3)ccnc1N2C(=O)OC(C)(C)C. The first-order chi connectivity index (χ1) is 17.9. The molecule has 4 heterocycles. The third-order valence-electron chi connectivity index (χ3n) is 6.29. The fourth-order valence-corrected chi connectivity index (χ4v) is 5.84. The Morgan fingerprint density at radius 1 is 1.05 bits per heavy atom. The Kier molecular flexibility index (Phi) is 6.68. The van der Waals surface area contributed by atoms with Crippen molar-refractivity contribution >= 4 is 44.7 Å². The number of hydrogen-bond donors (Lipinski definition) is 0. The molecular formula is C26H28ClN5O5S. The highest BCUT2D eigenvalue weighted by molar-refractivity contribution is 7.91. The summed E-state index contributed by atoms with van der Waals surface area (Å²) in [6.45, 7) is 8.11. The average molecular weight is 558 g/mol. The third kappa shape index (κ3) is 5.25. The molecule has 2 aromatic heterocycles. The van der Waals surface area contributed by atoms with Gasteiger partial charge in [-0.1, -0.05) is 0 Å². The second-order valence-corrected chi connectivity index (χ2v) is 12.9. The van der Waals surface area contributed by atoms with Crippen molar-refractivity contribution in [2.75, 3.05) is 34.4 Å². The number of carbonyl (C=O) groups is 1. The maximum Gasteiger partial charge on any atom is 0.420 e. The summed E-state index contributed by atoms with van der Waals surface area (Å²) in [6.07, 6.45) is 4.23. The molecule has 12 heteroatoms. The summed E-state index contributed by atoms with van der Waals surface area (Å²) in [7, 11) is -3.07. The van der Waals surface area contributed by atoms with Crippen LogP contribution in [0.25, 0.3) is 11.1 Å². The first-order valence-electron chi connectivity index (χ1n) is 12.1. The Morgan fingerprint density at radius 3 is 2.39 bits per heavy atom. The van der Waals surface area contributed by atoms with Gasteiger partial charge in [0.25, 0.3) is 0 Å². The van der Waals surface area contributed by atoms with E-state index in [1.54, 1.807) is 39.4 Å². The van der Waals surface area contributed by atoms with Crippen LogP contribution in [0, 0.1) is 6.92 Å². The lowest BCUT2D eigenvalue weighted by molar-refractivity contribution is 0.0598. The summed E-state index contributed by atoms with van der Waals surface area (Å²) in [5, 5.41) is 0.134. The molecule has 2 aliphatic rings. The van der Waals surface area contributed by atoms with Crippen LogP contribution in [0.2, 0.25) is 5.28 Å². The van der Waals surface area contributed by atoms with Crippen molar-refractivity contribution in [3.8, 4) is 16.9 Å². The lowest BCUT2D eigenvalue weighted by Gasteiger charge is -2.32. The number of benzene rings is 1.